The third kappa shape index (κ3) is 3.53. The summed E-state index contributed by atoms with van der Waals surface area (Å²) in [5.74, 6) is -2.08. The van der Waals surface area contributed by atoms with Gasteiger partial charge in [0.1, 0.15) is 6.04 Å². The summed E-state index contributed by atoms with van der Waals surface area (Å²) in [4.78, 5) is 53.4. The topological polar surface area (TPSA) is 84.0 Å². The number of carbonyl (C=O) groups excluding carboxylic acids is 4. The molecule has 2 aliphatic rings. The Hall–Kier alpha value is -2.70. The first-order valence-electron chi connectivity index (χ1n) is 9.72. The summed E-state index contributed by atoms with van der Waals surface area (Å²) < 4.78 is 4.80. The molecule has 0 radical (unpaired) electrons. The molecule has 0 bridgehead atoms. The van der Waals surface area contributed by atoms with Crippen molar-refractivity contribution >= 4 is 23.7 Å². The van der Waals surface area contributed by atoms with Gasteiger partial charge in [0.25, 0.3) is 11.8 Å². The molecule has 1 aliphatic heterocycles. The number of imide groups is 1. The summed E-state index contributed by atoms with van der Waals surface area (Å²) in [5, 5.41) is 0. The molecule has 7 nitrogen and oxygen atoms in total. The largest absolute Gasteiger partial charge is 0.469 e. The van der Waals surface area contributed by atoms with E-state index in [0.29, 0.717) is 11.1 Å². The van der Waals surface area contributed by atoms with Crippen LogP contribution in [0.25, 0.3) is 0 Å². The Labute approximate surface area is 164 Å². The fourth-order valence-electron chi connectivity index (χ4n) is 4.12. The van der Waals surface area contributed by atoms with E-state index in [9.17, 15) is 19.2 Å². The first kappa shape index (κ1) is 20.0. The Morgan fingerprint density at radius 3 is 2.14 bits per heavy atom. The van der Waals surface area contributed by atoms with E-state index < -0.39 is 23.8 Å². The normalized spacial score (nSPS) is 18.8. The Bertz CT molecular complexity index is 765. The van der Waals surface area contributed by atoms with E-state index >= 15 is 0 Å². The van der Waals surface area contributed by atoms with Crippen LogP contribution in [0, 0.1) is 5.92 Å². The molecule has 3 rings (SSSR count). The van der Waals surface area contributed by atoms with E-state index in [-0.39, 0.29) is 24.5 Å². The number of fused-ring (bicyclic) bond motifs is 1. The minimum Gasteiger partial charge on any atom is -0.469 e. The second-order valence-corrected chi connectivity index (χ2v) is 7.55. The maximum Gasteiger partial charge on any atom is 0.310 e. The highest BCUT2D eigenvalue weighted by Gasteiger charge is 2.43. The summed E-state index contributed by atoms with van der Waals surface area (Å²) in [6.07, 6.45) is 3.74. The van der Waals surface area contributed by atoms with E-state index in [2.05, 4.69) is 0 Å². The minimum absolute atomic E-state index is 0.0113. The highest BCUT2D eigenvalue weighted by molar-refractivity contribution is 6.22. The standard InChI is InChI=1S/C21H26N2O5/c1-13(21(27)28-3)12-22(15-8-4-5-9-15)18(24)14(2)23-19(25)16-10-6-7-11-17(16)20(23)26/h6-7,10-11,13-15H,4-5,8-9,12H2,1-3H3. The molecule has 0 aromatic heterocycles. The molecule has 2 unspecified atom stereocenters. The van der Waals surface area contributed by atoms with Crippen molar-refractivity contribution in [1.29, 1.82) is 0 Å². The van der Waals surface area contributed by atoms with Gasteiger partial charge in [0.15, 0.2) is 0 Å². The number of rotatable bonds is 6. The van der Waals surface area contributed by atoms with E-state index in [1.54, 1.807) is 43.0 Å². The molecule has 7 heteroatoms. The first-order chi connectivity index (χ1) is 13.4. The lowest BCUT2D eigenvalue weighted by Gasteiger charge is -2.34. The summed E-state index contributed by atoms with van der Waals surface area (Å²) >= 11 is 0. The van der Waals surface area contributed by atoms with Gasteiger partial charge in [-0.3, -0.25) is 24.1 Å². The molecule has 1 aromatic rings. The number of benzene rings is 1. The van der Waals surface area contributed by atoms with Gasteiger partial charge in [0.05, 0.1) is 24.2 Å². The predicted molar refractivity (Wildman–Crippen MR) is 102 cm³/mol. The predicted octanol–water partition coefficient (Wildman–Crippen LogP) is 2.25. The minimum atomic E-state index is -0.933. The Balaban J connectivity index is 1.83. The van der Waals surface area contributed by atoms with Crippen molar-refractivity contribution in [3.8, 4) is 0 Å². The molecule has 2 atom stereocenters. The van der Waals surface area contributed by atoms with E-state index in [1.165, 1.54) is 7.11 Å². The quantitative estimate of drug-likeness (QED) is 0.553. The van der Waals surface area contributed by atoms with Crippen molar-refractivity contribution in [3.63, 3.8) is 0 Å². The van der Waals surface area contributed by atoms with E-state index in [1.807, 2.05) is 0 Å². The van der Waals surface area contributed by atoms with Gasteiger partial charge in [-0.2, -0.15) is 0 Å². The molecule has 1 aliphatic carbocycles. The van der Waals surface area contributed by atoms with Crippen molar-refractivity contribution < 1.29 is 23.9 Å². The van der Waals surface area contributed by atoms with Crippen molar-refractivity contribution in [2.75, 3.05) is 13.7 Å². The number of amides is 3. The SMILES string of the molecule is COC(=O)C(C)CN(C(=O)C(C)N1C(=O)c2ccccc2C1=O)C1CCCC1. The summed E-state index contributed by atoms with van der Waals surface area (Å²) in [5.41, 5.74) is 0.644. The maximum atomic E-state index is 13.3. The van der Waals surface area contributed by atoms with E-state index in [4.69, 9.17) is 4.74 Å². The third-order valence-corrected chi connectivity index (χ3v) is 5.69. The number of hydrogen-bond acceptors (Lipinski definition) is 5. The molecule has 1 heterocycles. The van der Waals surface area contributed by atoms with Gasteiger partial charge in [-0.15, -0.1) is 0 Å². The zero-order valence-electron chi connectivity index (χ0n) is 16.5. The highest BCUT2D eigenvalue weighted by Crippen LogP contribution is 2.28. The first-order valence-corrected chi connectivity index (χ1v) is 9.72. The van der Waals surface area contributed by atoms with Crippen LogP contribution in [0.1, 0.15) is 60.2 Å². The van der Waals surface area contributed by atoms with Crippen LogP contribution in [0.5, 0.6) is 0 Å². The van der Waals surface area contributed by atoms with E-state index in [0.717, 1.165) is 30.6 Å². The van der Waals surface area contributed by atoms with Crippen molar-refractivity contribution in [2.45, 2.75) is 51.6 Å². The van der Waals surface area contributed by atoms with Gasteiger partial charge >= 0.3 is 5.97 Å². The molecule has 1 fully saturated rings. The molecule has 0 saturated heterocycles. The number of ether oxygens (including phenoxy) is 1. The number of nitrogens with zero attached hydrogens (tertiary/aromatic N) is 2. The molecule has 150 valence electrons. The fraction of sp³-hybridized carbons (Fsp3) is 0.524. The smallest absolute Gasteiger partial charge is 0.310 e. The van der Waals surface area contributed by atoms with Crippen LogP contribution in [0.15, 0.2) is 24.3 Å². The second-order valence-electron chi connectivity index (χ2n) is 7.55. The lowest BCUT2D eigenvalue weighted by molar-refractivity contribution is -0.147. The lowest BCUT2D eigenvalue weighted by Crippen LogP contribution is -2.53. The number of esters is 1. The summed E-state index contributed by atoms with van der Waals surface area (Å²) in [6, 6.07) is 5.67. The monoisotopic (exact) mass is 386 g/mol. The summed E-state index contributed by atoms with van der Waals surface area (Å²) in [7, 11) is 1.32. The van der Waals surface area contributed by atoms with Crippen LogP contribution in [0.4, 0.5) is 0 Å². The van der Waals surface area contributed by atoms with Gasteiger partial charge in [-0.1, -0.05) is 31.9 Å². The number of methoxy groups -OCH3 is 1. The van der Waals surface area contributed by atoms with Crippen LogP contribution < -0.4 is 0 Å². The van der Waals surface area contributed by atoms with Gasteiger partial charge in [0, 0.05) is 12.6 Å². The average Bonchev–Trinajstić information content (AvgIpc) is 3.32. The average molecular weight is 386 g/mol. The van der Waals surface area contributed by atoms with Crippen molar-refractivity contribution in [3.05, 3.63) is 35.4 Å². The number of hydrogen-bond donors (Lipinski definition) is 0. The summed E-state index contributed by atoms with van der Waals surface area (Å²) in [6.45, 7) is 3.51. The zero-order chi connectivity index (χ0) is 20.4. The van der Waals surface area contributed by atoms with Gasteiger partial charge < -0.3 is 9.64 Å². The maximum absolute atomic E-state index is 13.3. The van der Waals surface area contributed by atoms with Crippen LogP contribution in [0.2, 0.25) is 0 Å². The van der Waals surface area contributed by atoms with Gasteiger partial charge in [-0.05, 0) is 31.9 Å². The third-order valence-electron chi connectivity index (χ3n) is 5.69. The van der Waals surface area contributed by atoms with Crippen LogP contribution in [0.3, 0.4) is 0 Å². The molecule has 0 spiro atoms. The Morgan fingerprint density at radius 1 is 1.11 bits per heavy atom. The van der Waals surface area contributed by atoms with Crippen molar-refractivity contribution in [2.24, 2.45) is 5.92 Å². The molecular formula is C21H26N2O5. The molecule has 3 amide bonds. The van der Waals surface area contributed by atoms with Crippen LogP contribution >= 0.6 is 0 Å². The molecule has 0 N–H and O–H groups in total. The Kier molecular flexibility index (Phi) is 5.82. The molecule has 1 aromatic carbocycles. The van der Waals surface area contributed by atoms with Crippen LogP contribution in [-0.2, 0) is 14.3 Å². The van der Waals surface area contributed by atoms with Gasteiger partial charge in [-0.25, -0.2) is 0 Å². The zero-order valence-corrected chi connectivity index (χ0v) is 16.5. The molecule has 1 saturated carbocycles. The van der Waals surface area contributed by atoms with Crippen LogP contribution in [-0.4, -0.2) is 59.2 Å². The number of carbonyl (C=O) groups is 4. The second kappa shape index (κ2) is 8.12. The highest BCUT2D eigenvalue weighted by atomic mass is 16.5. The van der Waals surface area contributed by atoms with Gasteiger partial charge in [0.2, 0.25) is 5.91 Å². The Morgan fingerprint density at radius 2 is 1.64 bits per heavy atom. The fourth-order valence-corrected chi connectivity index (χ4v) is 4.12. The molecule has 28 heavy (non-hydrogen) atoms. The van der Waals surface area contributed by atoms with Crippen molar-refractivity contribution in [1.82, 2.24) is 9.80 Å². The lowest BCUT2D eigenvalue weighted by atomic mass is 10.1. The molecular weight excluding hydrogens is 360 g/mol.